The van der Waals surface area contributed by atoms with Crippen LogP contribution in [0.25, 0.3) is 0 Å². The number of carbonyl (C=O) groups is 1. The van der Waals surface area contributed by atoms with Gasteiger partial charge in [0.05, 0.1) is 6.26 Å². The van der Waals surface area contributed by atoms with Crippen molar-refractivity contribution in [3.8, 4) is 11.5 Å². The van der Waals surface area contributed by atoms with Crippen molar-refractivity contribution in [2.75, 3.05) is 0 Å². The van der Waals surface area contributed by atoms with Gasteiger partial charge < -0.3 is 14.6 Å². The van der Waals surface area contributed by atoms with Gasteiger partial charge in [0.15, 0.2) is 5.75 Å². The molecule has 1 aromatic carbocycles. The number of rotatable bonds is 0. The average molecular weight is 288 g/mol. The lowest BCUT2D eigenvalue weighted by Gasteiger charge is -2.38. The van der Waals surface area contributed by atoms with E-state index >= 15 is 0 Å². The maximum absolute atomic E-state index is 12.4. The monoisotopic (exact) mass is 288 g/mol. The Morgan fingerprint density at radius 3 is 2.62 bits per heavy atom. The molecule has 5 nitrogen and oxygen atoms in total. The molecule has 0 bridgehead atoms. The fourth-order valence-electron chi connectivity index (χ4n) is 2.86. The lowest BCUT2D eigenvalue weighted by molar-refractivity contribution is -0.184. The molecule has 21 heavy (non-hydrogen) atoms. The Hall–Kier alpha value is -2.30. The van der Waals surface area contributed by atoms with Crippen LogP contribution < -0.4 is 10.2 Å². The molecule has 0 aromatic heterocycles. The van der Waals surface area contributed by atoms with Gasteiger partial charge in [0.25, 0.3) is 0 Å². The number of Topliss-reactive ketones (excluding diaryl/α,β-unsaturated/α-hetero) is 1. The average Bonchev–Trinajstić information content (AvgIpc) is 2.66. The summed E-state index contributed by atoms with van der Waals surface area (Å²) in [6.45, 7) is 5.34. The van der Waals surface area contributed by atoms with Crippen LogP contribution >= 0.6 is 0 Å². The Labute approximate surface area is 121 Å². The summed E-state index contributed by atoms with van der Waals surface area (Å²) < 4.78 is 11.3. The van der Waals surface area contributed by atoms with Crippen LogP contribution in [0, 0.1) is 12.8 Å². The minimum atomic E-state index is -1.39. The third-order valence-electron chi connectivity index (χ3n) is 4.15. The first-order valence-corrected chi connectivity index (χ1v) is 6.80. The molecule has 1 aromatic rings. The SMILES string of the molecule is CC1=COC2(Oc3cc(=O)c(O)cc(C)c3CC2C)C1=O. The first-order valence-electron chi connectivity index (χ1n) is 6.80. The standard InChI is InChI=1S/C16H16O5/c1-8-4-12(17)13(18)6-14-11(8)5-10(3)16(21-14)15(19)9(2)7-20-16/h4,6-7,10H,5H2,1-3H3,(H,17,18). The van der Waals surface area contributed by atoms with Gasteiger partial charge in [-0.15, -0.1) is 0 Å². The highest BCUT2D eigenvalue weighted by atomic mass is 16.7. The number of ketones is 1. The van der Waals surface area contributed by atoms with E-state index in [2.05, 4.69) is 0 Å². The highest BCUT2D eigenvalue weighted by Gasteiger charge is 2.54. The topological polar surface area (TPSA) is 72.8 Å². The zero-order valence-corrected chi connectivity index (χ0v) is 12.1. The van der Waals surface area contributed by atoms with E-state index in [-0.39, 0.29) is 17.5 Å². The third-order valence-corrected chi connectivity index (χ3v) is 4.15. The summed E-state index contributed by atoms with van der Waals surface area (Å²) in [5, 5.41) is 9.66. The molecule has 1 spiro atoms. The molecule has 5 heteroatoms. The molecular weight excluding hydrogens is 272 g/mol. The van der Waals surface area contributed by atoms with Gasteiger partial charge in [0.2, 0.25) is 11.2 Å². The number of ether oxygens (including phenoxy) is 2. The maximum Gasteiger partial charge on any atom is 0.318 e. The van der Waals surface area contributed by atoms with Gasteiger partial charge in [0, 0.05) is 17.6 Å². The van der Waals surface area contributed by atoms with Crippen molar-refractivity contribution in [3.63, 3.8) is 0 Å². The summed E-state index contributed by atoms with van der Waals surface area (Å²) in [7, 11) is 0. The predicted octanol–water partition coefficient (Wildman–Crippen LogP) is 1.83. The summed E-state index contributed by atoms with van der Waals surface area (Å²) in [4.78, 5) is 24.2. The Morgan fingerprint density at radius 2 is 2.00 bits per heavy atom. The van der Waals surface area contributed by atoms with Crippen molar-refractivity contribution in [2.45, 2.75) is 33.0 Å². The molecule has 110 valence electrons. The van der Waals surface area contributed by atoms with Gasteiger partial charge in [-0.3, -0.25) is 9.59 Å². The van der Waals surface area contributed by atoms with Crippen LogP contribution in [-0.4, -0.2) is 16.7 Å². The quantitative estimate of drug-likeness (QED) is 0.788. The second-order valence-electron chi connectivity index (χ2n) is 5.69. The lowest BCUT2D eigenvalue weighted by Crippen LogP contribution is -2.52. The minimum absolute atomic E-state index is 0.204. The lowest BCUT2D eigenvalue weighted by atomic mass is 9.85. The van der Waals surface area contributed by atoms with Gasteiger partial charge in [-0.05, 0) is 37.5 Å². The Morgan fingerprint density at radius 1 is 1.29 bits per heavy atom. The molecular formula is C16H16O5. The van der Waals surface area contributed by atoms with Gasteiger partial charge in [-0.25, -0.2) is 0 Å². The van der Waals surface area contributed by atoms with E-state index in [4.69, 9.17) is 9.47 Å². The smallest absolute Gasteiger partial charge is 0.318 e. The van der Waals surface area contributed by atoms with E-state index in [1.54, 1.807) is 13.8 Å². The van der Waals surface area contributed by atoms with Crippen LogP contribution in [0.2, 0.25) is 0 Å². The summed E-state index contributed by atoms with van der Waals surface area (Å²) in [5.74, 6) is -1.85. The van der Waals surface area contributed by atoms with Crippen molar-refractivity contribution >= 4 is 5.78 Å². The molecule has 2 unspecified atom stereocenters. The molecule has 2 atom stereocenters. The first kappa shape index (κ1) is 13.7. The van der Waals surface area contributed by atoms with Crippen molar-refractivity contribution in [1.29, 1.82) is 0 Å². The van der Waals surface area contributed by atoms with Crippen LogP contribution in [-0.2, 0) is 16.0 Å². The van der Waals surface area contributed by atoms with Crippen LogP contribution in [0.3, 0.4) is 0 Å². The number of hydrogen-bond donors (Lipinski definition) is 1. The molecule has 2 heterocycles. The van der Waals surface area contributed by atoms with Crippen molar-refractivity contribution in [3.05, 3.63) is 45.3 Å². The van der Waals surface area contributed by atoms with Crippen LogP contribution in [0.4, 0.5) is 0 Å². The summed E-state index contributed by atoms with van der Waals surface area (Å²) in [6, 6.07) is 2.64. The Balaban J connectivity index is 2.17. The van der Waals surface area contributed by atoms with E-state index in [9.17, 15) is 14.7 Å². The second kappa shape index (κ2) is 4.35. The first-order chi connectivity index (χ1) is 9.85. The number of hydrogen-bond acceptors (Lipinski definition) is 5. The summed E-state index contributed by atoms with van der Waals surface area (Å²) in [6.07, 6.45) is 1.93. The molecule has 2 aliphatic rings. The van der Waals surface area contributed by atoms with Gasteiger partial charge in [-0.2, -0.15) is 0 Å². The van der Waals surface area contributed by atoms with Crippen molar-refractivity contribution in [1.82, 2.24) is 0 Å². The summed E-state index contributed by atoms with van der Waals surface area (Å²) >= 11 is 0. The fourth-order valence-corrected chi connectivity index (χ4v) is 2.86. The van der Waals surface area contributed by atoms with Crippen LogP contribution in [0.1, 0.15) is 25.0 Å². The molecule has 0 saturated carbocycles. The maximum atomic E-state index is 12.4. The zero-order valence-electron chi connectivity index (χ0n) is 12.1. The van der Waals surface area contributed by atoms with Crippen LogP contribution in [0.5, 0.6) is 11.5 Å². The largest absolute Gasteiger partial charge is 0.504 e. The molecule has 2 aliphatic heterocycles. The number of carbonyl (C=O) groups excluding carboxylic acids is 1. The molecule has 0 amide bonds. The molecule has 0 radical (unpaired) electrons. The van der Waals surface area contributed by atoms with Gasteiger partial charge in [0.1, 0.15) is 5.75 Å². The number of aryl methyl sites for hydroxylation is 1. The summed E-state index contributed by atoms with van der Waals surface area (Å²) in [5.41, 5.74) is 1.51. The highest BCUT2D eigenvalue weighted by Crippen LogP contribution is 2.42. The normalized spacial score (nSPS) is 26.9. The number of fused-ring (bicyclic) bond motifs is 1. The van der Waals surface area contributed by atoms with Crippen molar-refractivity contribution in [2.24, 2.45) is 5.92 Å². The molecule has 0 saturated heterocycles. The van der Waals surface area contributed by atoms with E-state index in [0.29, 0.717) is 17.7 Å². The predicted molar refractivity (Wildman–Crippen MR) is 75.2 cm³/mol. The Bertz CT molecular complexity index is 734. The molecule has 0 fully saturated rings. The van der Waals surface area contributed by atoms with E-state index in [1.165, 1.54) is 18.4 Å². The van der Waals surface area contributed by atoms with Crippen molar-refractivity contribution < 1.29 is 19.4 Å². The minimum Gasteiger partial charge on any atom is -0.504 e. The van der Waals surface area contributed by atoms with E-state index in [1.807, 2.05) is 6.92 Å². The number of aromatic hydroxyl groups is 1. The van der Waals surface area contributed by atoms with E-state index < -0.39 is 11.2 Å². The fraction of sp³-hybridized carbons (Fsp3) is 0.375. The van der Waals surface area contributed by atoms with E-state index in [0.717, 1.165) is 11.1 Å². The van der Waals surface area contributed by atoms with Crippen LogP contribution in [0.15, 0.2) is 28.8 Å². The Kier molecular flexibility index (Phi) is 2.83. The molecule has 3 rings (SSSR count). The van der Waals surface area contributed by atoms with Gasteiger partial charge >= 0.3 is 5.79 Å². The highest BCUT2D eigenvalue weighted by molar-refractivity contribution is 6.02. The zero-order chi connectivity index (χ0) is 15.4. The van der Waals surface area contributed by atoms with Gasteiger partial charge in [-0.1, -0.05) is 6.92 Å². The second-order valence-corrected chi connectivity index (χ2v) is 5.69. The third kappa shape index (κ3) is 1.84. The molecule has 0 aliphatic carbocycles. The molecule has 1 N–H and O–H groups in total.